The summed E-state index contributed by atoms with van der Waals surface area (Å²) in [7, 11) is 0. The van der Waals surface area contributed by atoms with Crippen LogP contribution in [0.25, 0.3) is 91.5 Å². The average Bonchev–Trinajstić information content (AvgIpc) is 3.87. The highest BCUT2D eigenvalue weighted by molar-refractivity contribution is 7.25. The molecule has 0 aliphatic heterocycles. The lowest BCUT2D eigenvalue weighted by Gasteiger charge is -2.28. The molecule has 0 amide bonds. The molecular weight excluding hydrogens is 661 g/mol. The maximum absolute atomic E-state index is 2.51. The highest BCUT2D eigenvalue weighted by Gasteiger charge is 2.29. The summed E-state index contributed by atoms with van der Waals surface area (Å²) in [5, 5.41) is 10.3. The molecule has 0 saturated carbocycles. The molecule has 1 aliphatic carbocycles. The van der Waals surface area contributed by atoms with Crippen LogP contribution in [0.1, 0.15) is 0 Å². The van der Waals surface area contributed by atoms with Gasteiger partial charge in [-0.3, -0.25) is 0 Å². The topological polar surface area (TPSA) is 8.17 Å². The highest BCUT2D eigenvalue weighted by atomic mass is 32.1. The van der Waals surface area contributed by atoms with Crippen molar-refractivity contribution < 1.29 is 0 Å². The summed E-state index contributed by atoms with van der Waals surface area (Å²) in [4.78, 5) is 2.51. The molecule has 1 aliphatic rings. The number of aromatic nitrogens is 1. The van der Waals surface area contributed by atoms with Crippen LogP contribution in [0.3, 0.4) is 0 Å². The lowest BCUT2D eigenvalue weighted by Crippen LogP contribution is -2.11. The lowest BCUT2D eigenvalue weighted by molar-refractivity contribution is 1.18. The first kappa shape index (κ1) is 29.0. The molecule has 2 heterocycles. The molecule has 0 radical (unpaired) electrons. The van der Waals surface area contributed by atoms with Crippen molar-refractivity contribution in [3.8, 4) is 27.9 Å². The smallest absolute Gasteiger partial charge is 0.0561 e. The van der Waals surface area contributed by atoms with E-state index in [0.717, 1.165) is 17.1 Å². The first-order chi connectivity index (χ1) is 26.3. The second kappa shape index (κ2) is 10.9. The number of anilines is 3. The van der Waals surface area contributed by atoms with Crippen LogP contribution in [0.2, 0.25) is 0 Å². The van der Waals surface area contributed by atoms with E-state index in [1.165, 1.54) is 91.5 Å². The summed E-state index contributed by atoms with van der Waals surface area (Å²) in [6.07, 6.45) is 0. The second-order valence-electron chi connectivity index (χ2n) is 14.1. The molecule has 3 heteroatoms. The molecule has 2 aromatic heterocycles. The zero-order valence-electron chi connectivity index (χ0n) is 28.6. The first-order valence-corrected chi connectivity index (χ1v) is 19.0. The van der Waals surface area contributed by atoms with E-state index in [0.29, 0.717) is 0 Å². The van der Waals surface area contributed by atoms with E-state index in [9.17, 15) is 0 Å². The van der Waals surface area contributed by atoms with Gasteiger partial charge in [-0.25, -0.2) is 0 Å². The van der Waals surface area contributed by atoms with Gasteiger partial charge in [0.15, 0.2) is 0 Å². The normalized spacial score (nSPS) is 12.2. The zero-order valence-corrected chi connectivity index (χ0v) is 29.4. The fraction of sp³-hybridized carbons (Fsp3) is 0. The zero-order chi connectivity index (χ0) is 34.6. The van der Waals surface area contributed by atoms with Crippen molar-refractivity contribution in [3.63, 3.8) is 0 Å². The summed E-state index contributed by atoms with van der Waals surface area (Å²) >= 11 is 1.87. The maximum atomic E-state index is 2.51. The van der Waals surface area contributed by atoms with Crippen LogP contribution in [0.15, 0.2) is 182 Å². The Balaban J connectivity index is 1.19. The molecule has 0 fully saturated rings. The predicted molar refractivity (Wildman–Crippen MR) is 228 cm³/mol. The van der Waals surface area contributed by atoms with Crippen LogP contribution in [0.5, 0.6) is 0 Å². The summed E-state index contributed by atoms with van der Waals surface area (Å²) in [5.41, 5.74) is 12.2. The summed E-state index contributed by atoms with van der Waals surface area (Å²) < 4.78 is 5.03. The van der Waals surface area contributed by atoms with E-state index < -0.39 is 0 Å². The van der Waals surface area contributed by atoms with Crippen LogP contribution in [-0.2, 0) is 0 Å². The molecule has 11 aromatic rings. The summed E-state index contributed by atoms with van der Waals surface area (Å²) in [6.45, 7) is 0. The molecule has 0 saturated heterocycles. The molecule has 0 N–H and O–H groups in total. The standard InChI is InChI=1S/C50H30N2S/c1-2-14-33(15-3-1)52-43-21-8-6-17-37(43)38-26-24-35(30-45(38)52)51(34-25-27-47-42(29-34)39-18-7-9-23-46(39)53-47)44-22-11-20-41-40-19-10-13-32-28-31-12-4-5-16-36(31)50(48(32)40)49(41)44/h1-30H. The highest BCUT2D eigenvalue weighted by Crippen LogP contribution is 2.56. The lowest BCUT2D eigenvalue weighted by atomic mass is 9.94. The Hall–Kier alpha value is -6.68. The van der Waals surface area contributed by atoms with Gasteiger partial charge in [0.2, 0.25) is 0 Å². The van der Waals surface area contributed by atoms with Gasteiger partial charge < -0.3 is 9.47 Å². The van der Waals surface area contributed by atoms with Crippen molar-refractivity contribution >= 4 is 91.9 Å². The number of hydrogen-bond donors (Lipinski definition) is 0. The van der Waals surface area contributed by atoms with Gasteiger partial charge >= 0.3 is 0 Å². The number of hydrogen-bond acceptors (Lipinski definition) is 2. The van der Waals surface area contributed by atoms with Gasteiger partial charge in [-0.2, -0.15) is 0 Å². The number of fused-ring (bicyclic) bond motifs is 11. The van der Waals surface area contributed by atoms with Crippen molar-refractivity contribution in [1.82, 2.24) is 4.57 Å². The molecule has 0 spiro atoms. The van der Waals surface area contributed by atoms with Crippen LogP contribution in [0, 0.1) is 0 Å². The Kier molecular flexibility index (Phi) is 5.96. The fourth-order valence-electron chi connectivity index (χ4n) is 9.05. The largest absolute Gasteiger partial charge is 0.310 e. The molecule has 0 atom stereocenters. The molecule has 53 heavy (non-hydrogen) atoms. The summed E-state index contributed by atoms with van der Waals surface area (Å²) in [5.74, 6) is 0. The van der Waals surface area contributed by atoms with E-state index in [1.54, 1.807) is 0 Å². The minimum absolute atomic E-state index is 1.12. The number of nitrogens with zero attached hydrogens (tertiary/aromatic N) is 2. The Morgan fingerprint density at radius 1 is 0.396 bits per heavy atom. The number of rotatable bonds is 4. The molecule has 0 bridgehead atoms. The molecule has 0 unspecified atom stereocenters. The van der Waals surface area contributed by atoms with Crippen LogP contribution in [-0.4, -0.2) is 4.57 Å². The third-order valence-corrected chi connectivity index (χ3v) is 12.4. The third kappa shape index (κ3) is 4.08. The van der Waals surface area contributed by atoms with Crippen LogP contribution >= 0.6 is 11.3 Å². The predicted octanol–water partition coefficient (Wildman–Crippen LogP) is 14.6. The summed E-state index contributed by atoms with van der Waals surface area (Å²) in [6, 6.07) is 67.3. The van der Waals surface area contributed by atoms with Crippen LogP contribution < -0.4 is 4.90 Å². The second-order valence-corrected chi connectivity index (χ2v) is 15.2. The van der Waals surface area contributed by atoms with Crippen LogP contribution in [0.4, 0.5) is 17.1 Å². The fourth-order valence-corrected chi connectivity index (χ4v) is 10.1. The van der Waals surface area contributed by atoms with E-state index in [2.05, 4.69) is 191 Å². The van der Waals surface area contributed by atoms with Gasteiger partial charge in [-0.1, -0.05) is 115 Å². The average molecular weight is 691 g/mol. The first-order valence-electron chi connectivity index (χ1n) is 18.2. The minimum Gasteiger partial charge on any atom is -0.310 e. The van der Waals surface area contributed by atoms with E-state index >= 15 is 0 Å². The Labute approximate surface area is 310 Å². The molecular formula is C50H30N2S. The van der Waals surface area contributed by atoms with Crippen molar-refractivity contribution in [2.45, 2.75) is 0 Å². The SMILES string of the molecule is c1ccc(-n2c3ccccc3c3ccc(N(c4ccc5sc6ccccc6c5c4)c4cccc5c4-c4c6ccccc6cc6cccc-5c46)cc32)cc1. The number of para-hydroxylation sites is 2. The van der Waals surface area contributed by atoms with Crippen molar-refractivity contribution in [2.75, 3.05) is 4.90 Å². The number of thiophene rings is 1. The Bertz CT molecular complexity index is 3290. The molecule has 246 valence electrons. The van der Waals surface area contributed by atoms with Gasteiger partial charge in [0.25, 0.3) is 0 Å². The third-order valence-electron chi connectivity index (χ3n) is 11.3. The molecule has 12 rings (SSSR count). The van der Waals surface area contributed by atoms with E-state index in [4.69, 9.17) is 0 Å². The number of benzene rings is 9. The van der Waals surface area contributed by atoms with Crippen molar-refractivity contribution in [2.24, 2.45) is 0 Å². The molecule has 9 aromatic carbocycles. The minimum atomic E-state index is 1.12. The van der Waals surface area contributed by atoms with Gasteiger partial charge in [-0.05, 0) is 99.4 Å². The van der Waals surface area contributed by atoms with Gasteiger partial charge in [0, 0.05) is 59.1 Å². The van der Waals surface area contributed by atoms with Gasteiger partial charge in [0.1, 0.15) is 0 Å². The van der Waals surface area contributed by atoms with Crippen molar-refractivity contribution in [1.29, 1.82) is 0 Å². The Morgan fingerprint density at radius 3 is 2.00 bits per heavy atom. The monoisotopic (exact) mass is 690 g/mol. The van der Waals surface area contributed by atoms with Gasteiger partial charge in [-0.15, -0.1) is 11.3 Å². The maximum Gasteiger partial charge on any atom is 0.0561 e. The van der Waals surface area contributed by atoms with E-state index in [-0.39, 0.29) is 0 Å². The molecule has 2 nitrogen and oxygen atoms in total. The van der Waals surface area contributed by atoms with Gasteiger partial charge in [0.05, 0.1) is 16.7 Å². The Morgan fingerprint density at radius 2 is 1.08 bits per heavy atom. The van der Waals surface area contributed by atoms with Crippen molar-refractivity contribution in [3.05, 3.63) is 182 Å². The quantitative estimate of drug-likeness (QED) is 0.167. The van der Waals surface area contributed by atoms with E-state index in [1.807, 2.05) is 11.3 Å².